The molecule has 3 aromatic carbocycles. The number of hydrogen-bond acceptors (Lipinski definition) is 1. The molecule has 1 amide bonds. The zero-order valence-electron chi connectivity index (χ0n) is 14.7. The molecule has 4 aromatic rings. The number of aromatic nitrogens is 1. The summed E-state index contributed by atoms with van der Waals surface area (Å²) in [5.74, 6) is -0.0760. The lowest BCUT2D eigenvalue weighted by molar-refractivity contribution is 0.0952. The molecule has 0 saturated carbocycles. The largest absolute Gasteiger partial charge is 0.348 e. The summed E-state index contributed by atoms with van der Waals surface area (Å²) in [7, 11) is 0. The second-order valence-electron chi connectivity index (χ2n) is 6.48. The molecule has 0 radical (unpaired) electrons. The van der Waals surface area contributed by atoms with E-state index in [1.54, 1.807) is 0 Å². The van der Waals surface area contributed by atoms with Crippen LogP contribution < -0.4 is 5.32 Å². The van der Waals surface area contributed by atoms with Gasteiger partial charge in [-0.3, -0.25) is 4.79 Å². The molecule has 3 nitrogen and oxygen atoms in total. The minimum atomic E-state index is -0.0760. The number of para-hydroxylation sites is 1. The van der Waals surface area contributed by atoms with Crippen LogP contribution in [0.25, 0.3) is 10.9 Å². The zero-order chi connectivity index (χ0) is 18.6. The Morgan fingerprint density at radius 1 is 0.852 bits per heavy atom. The average Bonchev–Trinajstić information content (AvgIpc) is 3.07. The highest BCUT2D eigenvalue weighted by Gasteiger charge is 2.14. The van der Waals surface area contributed by atoms with E-state index in [0.717, 1.165) is 23.0 Å². The van der Waals surface area contributed by atoms with Crippen molar-refractivity contribution in [1.29, 1.82) is 0 Å². The Balaban J connectivity index is 1.59. The Bertz CT molecular complexity index is 1070. The van der Waals surface area contributed by atoms with Gasteiger partial charge in [0.25, 0.3) is 5.91 Å². The molecule has 0 aliphatic carbocycles. The van der Waals surface area contributed by atoms with Gasteiger partial charge in [-0.05, 0) is 29.3 Å². The molecule has 0 atom stereocenters. The fourth-order valence-corrected chi connectivity index (χ4v) is 3.34. The molecule has 4 rings (SSSR count). The Morgan fingerprint density at radius 2 is 1.56 bits per heavy atom. The molecular weight excluding hydrogens is 356 g/mol. The van der Waals surface area contributed by atoms with Gasteiger partial charge in [0.1, 0.15) is 0 Å². The summed E-state index contributed by atoms with van der Waals surface area (Å²) < 4.78 is 2.13. The van der Waals surface area contributed by atoms with Crippen LogP contribution in [0, 0.1) is 0 Å². The summed E-state index contributed by atoms with van der Waals surface area (Å²) in [6.07, 6.45) is 1.94. The molecule has 134 valence electrons. The van der Waals surface area contributed by atoms with Gasteiger partial charge in [0.05, 0.1) is 5.56 Å². The van der Waals surface area contributed by atoms with Gasteiger partial charge in [-0.25, -0.2) is 0 Å². The van der Waals surface area contributed by atoms with Crippen LogP contribution in [0.15, 0.2) is 85.1 Å². The molecule has 1 N–H and O–H groups in total. The molecule has 0 bridgehead atoms. The number of nitrogens with one attached hydrogen (secondary N) is 1. The standard InChI is InChI=1S/C23H19ClN2O/c24-19-12-10-17(11-13-19)14-25-23(27)21-16-26(15-18-6-2-1-3-7-18)22-9-5-4-8-20(21)22/h1-13,16H,14-15H2,(H,25,27). The summed E-state index contributed by atoms with van der Waals surface area (Å²) >= 11 is 5.91. The van der Waals surface area contributed by atoms with Crippen LogP contribution in [0.4, 0.5) is 0 Å². The van der Waals surface area contributed by atoms with Gasteiger partial charge >= 0.3 is 0 Å². The van der Waals surface area contributed by atoms with Gasteiger partial charge in [-0.2, -0.15) is 0 Å². The number of carbonyl (C=O) groups is 1. The molecule has 0 unspecified atom stereocenters. The van der Waals surface area contributed by atoms with Crippen LogP contribution in [0.1, 0.15) is 21.5 Å². The van der Waals surface area contributed by atoms with Crippen molar-refractivity contribution in [3.8, 4) is 0 Å². The molecule has 0 aliphatic rings. The molecule has 0 fully saturated rings. The normalized spacial score (nSPS) is 10.9. The van der Waals surface area contributed by atoms with Crippen molar-refractivity contribution in [3.05, 3.63) is 107 Å². The van der Waals surface area contributed by atoms with Crippen molar-refractivity contribution in [2.24, 2.45) is 0 Å². The van der Waals surface area contributed by atoms with Crippen LogP contribution in [0.5, 0.6) is 0 Å². The number of rotatable bonds is 5. The molecule has 27 heavy (non-hydrogen) atoms. The van der Waals surface area contributed by atoms with Gasteiger partial charge < -0.3 is 9.88 Å². The topological polar surface area (TPSA) is 34.0 Å². The van der Waals surface area contributed by atoms with Gasteiger partial charge in [0.2, 0.25) is 0 Å². The highest BCUT2D eigenvalue weighted by molar-refractivity contribution is 6.30. The predicted octanol–water partition coefficient (Wildman–Crippen LogP) is 5.27. The lowest BCUT2D eigenvalue weighted by Crippen LogP contribution is -2.22. The van der Waals surface area contributed by atoms with Crippen LogP contribution in [0.3, 0.4) is 0 Å². The van der Waals surface area contributed by atoms with E-state index in [4.69, 9.17) is 11.6 Å². The van der Waals surface area contributed by atoms with Crippen molar-refractivity contribution < 1.29 is 4.79 Å². The van der Waals surface area contributed by atoms with Crippen LogP contribution in [0.2, 0.25) is 5.02 Å². The third kappa shape index (κ3) is 3.88. The first-order chi connectivity index (χ1) is 13.2. The predicted molar refractivity (Wildman–Crippen MR) is 110 cm³/mol. The second-order valence-corrected chi connectivity index (χ2v) is 6.92. The van der Waals surface area contributed by atoms with Crippen molar-refractivity contribution in [3.63, 3.8) is 0 Å². The number of fused-ring (bicyclic) bond motifs is 1. The van der Waals surface area contributed by atoms with Gasteiger partial charge in [-0.1, -0.05) is 72.3 Å². The molecule has 1 heterocycles. The second kappa shape index (κ2) is 7.68. The number of nitrogens with zero attached hydrogens (tertiary/aromatic N) is 1. The number of amides is 1. The van der Waals surface area contributed by atoms with E-state index in [9.17, 15) is 4.79 Å². The quantitative estimate of drug-likeness (QED) is 0.507. The number of carbonyl (C=O) groups excluding carboxylic acids is 1. The van der Waals surface area contributed by atoms with Crippen molar-refractivity contribution >= 4 is 28.4 Å². The van der Waals surface area contributed by atoms with E-state index in [-0.39, 0.29) is 5.91 Å². The van der Waals surface area contributed by atoms with Crippen LogP contribution >= 0.6 is 11.6 Å². The zero-order valence-corrected chi connectivity index (χ0v) is 15.5. The summed E-state index contributed by atoms with van der Waals surface area (Å²) in [6, 6.07) is 25.7. The number of halogens is 1. The van der Waals surface area contributed by atoms with E-state index in [2.05, 4.69) is 22.0 Å². The summed E-state index contributed by atoms with van der Waals surface area (Å²) in [4.78, 5) is 12.8. The average molecular weight is 375 g/mol. The first-order valence-corrected chi connectivity index (χ1v) is 9.23. The lowest BCUT2D eigenvalue weighted by Gasteiger charge is -2.05. The maximum Gasteiger partial charge on any atom is 0.253 e. The van der Waals surface area contributed by atoms with E-state index < -0.39 is 0 Å². The number of benzene rings is 3. The summed E-state index contributed by atoms with van der Waals surface area (Å²) in [5.41, 5.74) is 3.96. The van der Waals surface area contributed by atoms with E-state index in [1.807, 2.05) is 72.9 Å². The SMILES string of the molecule is O=C(NCc1ccc(Cl)cc1)c1cn(Cc2ccccc2)c2ccccc12. The van der Waals surface area contributed by atoms with E-state index in [1.165, 1.54) is 5.56 Å². The smallest absolute Gasteiger partial charge is 0.253 e. The third-order valence-electron chi connectivity index (χ3n) is 4.60. The fourth-order valence-electron chi connectivity index (χ4n) is 3.22. The monoisotopic (exact) mass is 374 g/mol. The molecular formula is C23H19ClN2O. The Morgan fingerprint density at radius 3 is 2.33 bits per heavy atom. The maximum atomic E-state index is 12.8. The highest BCUT2D eigenvalue weighted by atomic mass is 35.5. The molecule has 1 aromatic heterocycles. The highest BCUT2D eigenvalue weighted by Crippen LogP contribution is 2.22. The summed E-state index contributed by atoms with van der Waals surface area (Å²) in [5, 5.41) is 4.66. The minimum absolute atomic E-state index is 0.0760. The van der Waals surface area contributed by atoms with Crippen LogP contribution in [-0.4, -0.2) is 10.5 Å². The Hall–Kier alpha value is -3.04. The Kier molecular flexibility index (Phi) is 4.95. The molecule has 0 aliphatic heterocycles. The molecule has 0 saturated heterocycles. The maximum absolute atomic E-state index is 12.8. The van der Waals surface area contributed by atoms with Crippen molar-refractivity contribution in [2.45, 2.75) is 13.1 Å². The Labute approximate surface area is 163 Å². The lowest BCUT2D eigenvalue weighted by atomic mass is 10.1. The minimum Gasteiger partial charge on any atom is -0.348 e. The van der Waals surface area contributed by atoms with Crippen LogP contribution in [-0.2, 0) is 13.1 Å². The van der Waals surface area contributed by atoms with Crippen molar-refractivity contribution in [2.75, 3.05) is 0 Å². The van der Waals surface area contributed by atoms with Gasteiger partial charge in [0.15, 0.2) is 0 Å². The first-order valence-electron chi connectivity index (χ1n) is 8.85. The summed E-state index contributed by atoms with van der Waals surface area (Å²) in [6.45, 7) is 1.19. The molecule has 4 heteroatoms. The van der Waals surface area contributed by atoms with E-state index in [0.29, 0.717) is 17.1 Å². The van der Waals surface area contributed by atoms with Gasteiger partial charge in [-0.15, -0.1) is 0 Å². The van der Waals surface area contributed by atoms with Crippen molar-refractivity contribution in [1.82, 2.24) is 9.88 Å². The molecule has 0 spiro atoms. The first kappa shape index (κ1) is 17.4. The third-order valence-corrected chi connectivity index (χ3v) is 4.85. The van der Waals surface area contributed by atoms with Gasteiger partial charge in [0, 0.05) is 35.2 Å². The van der Waals surface area contributed by atoms with E-state index >= 15 is 0 Å². The number of hydrogen-bond donors (Lipinski definition) is 1. The fraction of sp³-hybridized carbons (Fsp3) is 0.0870.